The number of benzene rings is 1. The molecule has 0 saturated carbocycles. The number of hydrogen-bond acceptors (Lipinski definition) is 3. The van der Waals surface area contributed by atoms with Gasteiger partial charge in [0.25, 0.3) is 5.91 Å². The van der Waals surface area contributed by atoms with Crippen molar-refractivity contribution >= 4 is 18.0 Å². The molecule has 114 valence electrons. The van der Waals surface area contributed by atoms with E-state index in [4.69, 9.17) is 5.11 Å². The molecule has 0 unspecified atom stereocenters. The largest absolute Gasteiger partial charge is 0.478 e. The molecule has 0 atom stereocenters. The van der Waals surface area contributed by atoms with Crippen LogP contribution in [0.4, 0.5) is 0 Å². The molecule has 1 N–H and O–H groups in total. The molecule has 0 spiro atoms. The van der Waals surface area contributed by atoms with Crippen LogP contribution in [0.3, 0.4) is 0 Å². The van der Waals surface area contributed by atoms with Crippen LogP contribution in [-0.4, -0.2) is 61.0 Å². The van der Waals surface area contributed by atoms with Crippen LogP contribution in [0, 0.1) is 6.92 Å². The summed E-state index contributed by atoms with van der Waals surface area (Å²) in [7, 11) is 5.69. The molecular formula is C16H22N2O3. The minimum Gasteiger partial charge on any atom is -0.478 e. The third kappa shape index (κ3) is 5.04. The van der Waals surface area contributed by atoms with Crippen LogP contribution < -0.4 is 0 Å². The quantitative estimate of drug-likeness (QED) is 0.811. The minimum absolute atomic E-state index is 0.0556. The fourth-order valence-electron chi connectivity index (χ4n) is 1.88. The maximum atomic E-state index is 12.4. The highest BCUT2D eigenvalue weighted by Crippen LogP contribution is 2.17. The van der Waals surface area contributed by atoms with Crippen molar-refractivity contribution in [2.24, 2.45) is 0 Å². The van der Waals surface area contributed by atoms with Gasteiger partial charge in [0, 0.05) is 31.8 Å². The molecule has 1 aromatic carbocycles. The van der Waals surface area contributed by atoms with Gasteiger partial charge in [-0.1, -0.05) is 12.1 Å². The molecular weight excluding hydrogens is 268 g/mol. The number of carbonyl (C=O) groups excluding carboxylic acids is 1. The second-order valence-corrected chi connectivity index (χ2v) is 5.22. The fraction of sp³-hybridized carbons (Fsp3) is 0.375. The van der Waals surface area contributed by atoms with Crippen LogP contribution in [0.1, 0.15) is 21.5 Å². The van der Waals surface area contributed by atoms with Crippen molar-refractivity contribution in [3.05, 3.63) is 41.0 Å². The van der Waals surface area contributed by atoms with Gasteiger partial charge in [-0.2, -0.15) is 0 Å². The number of carboxylic acid groups (broad SMARTS) is 1. The van der Waals surface area contributed by atoms with Crippen molar-refractivity contribution in [3.8, 4) is 0 Å². The van der Waals surface area contributed by atoms with Crippen molar-refractivity contribution in [1.29, 1.82) is 0 Å². The van der Waals surface area contributed by atoms with Crippen LogP contribution in [0.2, 0.25) is 0 Å². The molecule has 0 aromatic heterocycles. The number of rotatable bonds is 6. The van der Waals surface area contributed by atoms with Gasteiger partial charge in [0.15, 0.2) is 0 Å². The Morgan fingerprint density at radius 2 is 1.86 bits per heavy atom. The molecule has 1 aromatic rings. The highest BCUT2D eigenvalue weighted by atomic mass is 16.4. The summed E-state index contributed by atoms with van der Waals surface area (Å²) < 4.78 is 0. The van der Waals surface area contributed by atoms with E-state index in [-0.39, 0.29) is 5.91 Å². The van der Waals surface area contributed by atoms with Crippen LogP contribution in [-0.2, 0) is 4.79 Å². The van der Waals surface area contributed by atoms with E-state index in [2.05, 4.69) is 0 Å². The van der Waals surface area contributed by atoms with E-state index >= 15 is 0 Å². The average Bonchev–Trinajstić information content (AvgIpc) is 2.42. The Morgan fingerprint density at radius 1 is 1.19 bits per heavy atom. The lowest BCUT2D eigenvalue weighted by Crippen LogP contribution is -2.33. The van der Waals surface area contributed by atoms with Crippen molar-refractivity contribution in [2.45, 2.75) is 6.92 Å². The lowest BCUT2D eigenvalue weighted by molar-refractivity contribution is -0.131. The van der Waals surface area contributed by atoms with Gasteiger partial charge >= 0.3 is 5.97 Å². The molecule has 1 amide bonds. The molecule has 21 heavy (non-hydrogen) atoms. The summed E-state index contributed by atoms with van der Waals surface area (Å²) in [6.45, 7) is 3.26. The fourth-order valence-corrected chi connectivity index (χ4v) is 1.88. The summed E-state index contributed by atoms with van der Waals surface area (Å²) in [6, 6.07) is 5.33. The molecule has 0 radical (unpaired) electrons. The topological polar surface area (TPSA) is 60.9 Å². The monoisotopic (exact) mass is 290 g/mol. The first-order chi connectivity index (χ1) is 9.82. The predicted molar refractivity (Wildman–Crippen MR) is 83.4 cm³/mol. The highest BCUT2D eigenvalue weighted by Gasteiger charge is 2.15. The third-order valence-electron chi connectivity index (χ3n) is 3.24. The van der Waals surface area contributed by atoms with Crippen LogP contribution in [0.5, 0.6) is 0 Å². The number of amides is 1. The number of aliphatic carboxylic acids is 1. The Balaban J connectivity index is 2.95. The molecule has 5 nitrogen and oxygen atoms in total. The molecule has 0 heterocycles. The van der Waals surface area contributed by atoms with Gasteiger partial charge in [-0.15, -0.1) is 0 Å². The molecule has 0 bridgehead atoms. The molecule has 0 aliphatic carbocycles. The number of carboxylic acids is 1. The predicted octanol–water partition coefficient (Wildman–Crippen LogP) is 1.73. The van der Waals surface area contributed by atoms with E-state index in [1.54, 1.807) is 30.1 Å². The van der Waals surface area contributed by atoms with Gasteiger partial charge in [-0.05, 0) is 44.3 Å². The molecule has 5 heteroatoms. The SMILES string of the molecule is Cc1c(C=CC(=O)O)cccc1C(=O)N(C)CCN(C)C. The Bertz CT molecular complexity index is 550. The number of likely N-dealkylation sites (N-methyl/N-ethyl adjacent to an activating group) is 2. The van der Waals surface area contributed by atoms with E-state index in [1.807, 2.05) is 25.9 Å². The molecule has 0 aliphatic rings. The number of nitrogens with zero attached hydrogens (tertiary/aromatic N) is 2. The van der Waals surface area contributed by atoms with Gasteiger partial charge in [0.1, 0.15) is 0 Å². The summed E-state index contributed by atoms with van der Waals surface area (Å²) in [5.41, 5.74) is 2.13. The maximum absolute atomic E-state index is 12.4. The summed E-state index contributed by atoms with van der Waals surface area (Å²) in [5, 5.41) is 8.69. The maximum Gasteiger partial charge on any atom is 0.328 e. The second kappa shape index (κ2) is 7.59. The van der Waals surface area contributed by atoms with Crippen molar-refractivity contribution in [3.63, 3.8) is 0 Å². The average molecular weight is 290 g/mol. The van der Waals surface area contributed by atoms with E-state index < -0.39 is 5.97 Å². The molecule has 0 aliphatic heterocycles. The smallest absolute Gasteiger partial charge is 0.328 e. The lowest BCUT2D eigenvalue weighted by atomic mass is 10.0. The summed E-state index contributed by atoms with van der Waals surface area (Å²) in [5.74, 6) is -1.06. The lowest BCUT2D eigenvalue weighted by Gasteiger charge is -2.21. The van der Waals surface area contributed by atoms with Crippen molar-refractivity contribution in [2.75, 3.05) is 34.2 Å². The summed E-state index contributed by atoms with van der Waals surface area (Å²) >= 11 is 0. The van der Waals surface area contributed by atoms with E-state index in [0.717, 1.165) is 23.7 Å². The van der Waals surface area contributed by atoms with E-state index in [0.29, 0.717) is 12.1 Å². The second-order valence-electron chi connectivity index (χ2n) is 5.22. The highest BCUT2D eigenvalue weighted by molar-refractivity contribution is 5.96. The molecule has 0 fully saturated rings. The third-order valence-corrected chi connectivity index (χ3v) is 3.24. The standard InChI is InChI=1S/C16H22N2O3/c1-12-13(8-9-15(19)20)6-5-7-14(12)16(21)18(4)11-10-17(2)3/h5-9H,10-11H2,1-4H3,(H,19,20). The zero-order valence-electron chi connectivity index (χ0n) is 13.0. The first kappa shape index (κ1) is 16.9. The zero-order valence-corrected chi connectivity index (χ0v) is 13.0. The van der Waals surface area contributed by atoms with Gasteiger partial charge in [-0.25, -0.2) is 4.79 Å². The number of hydrogen-bond donors (Lipinski definition) is 1. The normalized spacial score (nSPS) is 11.1. The Kier molecular flexibility index (Phi) is 6.11. The van der Waals surface area contributed by atoms with Crippen molar-refractivity contribution in [1.82, 2.24) is 9.80 Å². The van der Waals surface area contributed by atoms with Crippen LogP contribution >= 0.6 is 0 Å². The van der Waals surface area contributed by atoms with Crippen molar-refractivity contribution < 1.29 is 14.7 Å². The summed E-state index contributed by atoms with van der Waals surface area (Å²) in [4.78, 5) is 26.7. The van der Waals surface area contributed by atoms with E-state index in [9.17, 15) is 9.59 Å². The van der Waals surface area contributed by atoms with E-state index in [1.165, 1.54) is 6.08 Å². The Morgan fingerprint density at radius 3 is 2.43 bits per heavy atom. The first-order valence-electron chi connectivity index (χ1n) is 6.73. The van der Waals surface area contributed by atoms with Crippen LogP contribution in [0.15, 0.2) is 24.3 Å². The van der Waals surface area contributed by atoms with Gasteiger partial charge in [0.05, 0.1) is 0 Å². The molecule has 1 rings (SSSR count). The number of carbonyl (C=O) groups is 2. The zero-order chi connectivity index (χ0) is 16.0. The van der Waals surface area contributed by atoms with Gasteiger partial charge in [-0.3, -0.25) is 4.79 Å². The van der Waals surface area contributed by atoms with Gasteiger partial charge in [0.2, 0.25) is 0 Å². The Hall–Kier alpha value is -2.14. The minimum atomic E-state index is -1.01. The van der Waals surface area contributed by atoms with Crippen LogP contribution in [0.25, 0.3) is 6.08 Å². The Labute approximate surface area is 125 Å². The first-order valence-corrected chi connectivity index (χ1v) is 6.73. The summed E-state index contributed by atoms with van der Waals surface area (Å²) in [6.07, 6.45) is 2.58. The molecule has 0 saturated heterocycles. The van der Waals surface area contributed by atoms with Gasteiger partial charge < -0.3 is 14.9 Å².